The van der Waals surface area contributed by atoms with Crippen LogP contribution in [0.3, 0.4) is 0 Å². The van der Waals surface area contributed by atoms with Gasteiger partial charge in [-0.05, 0) is 25.1 Å². The normalized spacial score (nSPS) is 10.2. The van der Waals surface area contributed by atoms with Gasteiger partial charge in [-0.2, -0.15) is 5.10 Å². The van der Waals surface area contributed by atoms with Gasteiger partial charge in [-0.15, -0.1) is 0 Å². The molecular weight excluding hydrogens is 218 g/mol. The van der Waals surface area contributed by atoms with Crippen molar-refractivity contribution in [2.75, 3.05) is 6.61 Å². The molecule has 0 fully saturated rings. The van der Waals surface area contributed by atoms with E-state index < -0.39 is 5.97 Å². The Balaban J connectivity index is 2.25. The molecule has 0 spiro atoms. The third-order valence-corrected chi connectivity index (χ3v) is 2.36. The van der Waals surface area contributed by atoms with E-state index in [9.17, 15) is 4.79 Å². The number of hydrogen-bond acceptors (Lipinski definition) is 4. The first-order chi connectivity index (χ1) is 8.22. The highest BCUT2D eigenvalue weighted by Gasteiger charge is 2.09. The first-order valence-corrected chi connectivity index (χ1v) is 5.34. The lowest BCUT2D eigenvalue weighted by Gasteiger charge is -2.03. The van der Waals surface area contributed by atoms with Gasteiger partial charge in [0.1, 0.15) is 5.69 Å². The summed E-state index contributed by atoms with van der Waals surface area (Å²) in [6.45, 7) is 2.12. The Morgan fingerprint density at radius 2 is 2.24 bits per heavy atom. The van der Waals surface area contributed by atoms with Crippen molar-refractivity contribution in [3.63, 3.8) is 0 Å². The molecule has 2 rings (SSSR count). The highest BCUT2D eigenvalue weighted by molar-refractivity contribution is 5.87. The molecule has 0 saturated carbocycles. The van der Waals surface area contributed by atoms with Crippen LogP contribution in [-0.4, -0.2) is 27.3 Å². The number of rotatable bonds is 3. The van der Waals surface area contributed by atoms with Crippen molar-refractivity contribution in [3.05, 3.63) is 36.3 Å². The van der Waals surface area contributed by atoms with Crippen LogP contribution in [0, 0.1) is 0 Å². The molecule has 0 aliphatic heterocycles. The number of hydrogen-bond donors (Lipinski definition) is 0. The molecule has 0 unspecified atom stereocenters. The van der Waals surface area contributed by atoms with Gasteiger partial charge in [0.2, 0.25) is 0 Å². The Hall–Kier alpha value is -2.17. The highest BCUT2D eigenvalue weighted by Crippen LogP contribution is 2.17. The van der Waals surface area contributed by atoms with E-state index in [0.29, 0.717) is 12.3 Å². The molecule has 0 saturated heterocycles. The first-order valence-electron chi connectivity index (χ1n) is 5.34. The van der Waals surface area contributed by atoms with Gasteiger partial charge < -0.3 is 4.74 Å². The van der Waals surface area contributed by atoms with Crippen molar-refractivity contribution < 1.29 is 9.53 Å². The lowest BCUT2D eigenvalue weighted by molar-refractivity contribution is 0.0519. The zero-order chi connectivity index (χ0) is 12.3. The Morgan fingerprint density at radius 1 is 1.41 bits per heavy atom. The van der Waals surface area contributed by atoms with Crippen LogP contribution in [0.5, 0.6) is 0 Å². The van der Waals surface area contributed by atoms with Gasteiger partial charge in [-0.1, -0.05) is 0 Å². The summed E-state index contributed by atoms with van der Waals surface area (Å²) in [5, 5.41) is 4.08. The quantitative estimate of drug-likeness (QED) is 0.754. The number of aromatic nitrogens is 3. The summed E-state index contributed by atoms with van der Waals surface area (Å²) >= 11 is 0. The fraction of sp³-hybridized carbons (Fsp3) is 0.250. The van der Waals surface area contributed by atoms with Crippen LogP contribution >= 0.6 is 0 Å². The molecule has 0 atom stereocenters. The average Bonchev–Trinajstić information content (AvgIpc) is 2.76. The van der Waals surface area contributed by atoms with E-state index in [-0.39, 0.29) is 0 Å². The van der Waals surface area contributed by atoms with E-state index in [2.05, 4.69) is 10.1 Å². The second kappa shape index (κ2) is 4.78. The monoisotopic (exact) mass is 231 g/mol. The van der Waals surface area contributed by atoms with Gasteiger partial charge in [0.05, 0.1) is 12.3 Å². The van der Waals surface area contributed by atoms with Gasteiger partial charge in [0.15, 0.2) is 0 Å². The molecule has 2 aromatic rings. The number of carbonyl (C=O) groups excluding carboxylic acids is 1. The second-order valence-electron chi connectivity index (χ2n) is 3.49. The lowest BCUT2D eigenvalue weighted by Crippen LogP contribution is -2.06. The van der Waals surface area contributed by atoms with E-state index in [1.165, 1.54) is 0 Å². The number of carbonyl (C=O) groups is 1. The molecular formula is C12H13N3O2. The Morgan fingerprint density at radius 3 is 2.76 bits per heavy atom. The molecule has 0 bridgehead atoms. The minimum Gasteiger partial charge on any atom is -0.461 e. The number of pyridine rings is 1. The van der Waals surface area contributed by atoms with Crippen molar-refractivity contribution in [2.45, 2.75) is 6.92 Å². The zero-order valence-corrected chi connectivity index (χ0v) is 9.75. The topological polar surface area (TPSA) is 57.0 Å². The Kier molecular flexibility index (Phi) is 3.18. The second-order valence-corrected chi connectivity index (χ2v) is 3.49. The molecule has 88 valence electrons. The summed E-state index contributed by atoms with van der Waals surface area (Å²) in [5.41, 5.74) is 2.18. The molecule has 2 heterocycles. The van der Waals surface area contributed by atoms with E-state index in [1.807, 2.05) is 19.2 Å². The third-order valence-electron chi connectivity index (χ3n) is 2.36. The minimum atomic E-state index is -0.399. The molecule has 5 heteroatoms. The summed E-state index contributed by atoms with van der Waals surface area (Å²) in [6.07, 6.45) is 3.36. The van der Waals surface area contributed by atoms with E-state index >= 15 is 0 Å². The maximum Gasteiger partial charge on any atom is 0.356 e. The SMILES string of the molecule is CCOC(=O)c1ccc(-c2ccnn2C)cn1. The Labute approximate surface area is 99.1 Å². The van der Waals surface area contributed by atoms with Crippen molar-refractivity contribution in [1.82, 2.24) is 14.8 Å². The van der Waals surface area contributed by atoms with Gasteiger partial charge in [0.25, 0.3) is 0 Å². The molecule has 2 aromatic heterocycles. The predicted octanol–water partition coefficient (Wildman–Crippen LogP) is 1.66. The van der Waals surface area contributed by atoms with Crippen molar-refractivity contribution in [2.24, 2.45) is 7.05 Å². The van der Waals surface area contributed by atoms with Crippen LogP contribution in [0.1, 0.15) is 17.4 Å². The summed E-state index contributed by atoms with van der Waals surface area (Å²) < 4.78 is 6.61. The van der Waals surface area contributed by atoms with E-state index in [1.54, 1.807) is 30.1 Å². The number of aryl methyl sites for hydroxylation is 1. The van der Waals surface area contributed by atoms with Crippen molar-refractivity contribution >= 4 is 5.97 Å². The molecule has 0 aromatic carbocycles. The summed E-state index contributed by atoms with van der Waals surface area (Å²) in [7, 11) is 1.86. The summed E-state index contributed by atoms with van der Waals surface area (Å²) in [5.74, 6) is -0.399. The average molecular weight is 231 g/mol. The predicted molar refractivity (Wildman–Crippen MR) is 62.4 cm³/mol. The summed E-state index contributed by atoms with van der Waals surface area (Å²) in [4.78, 5) is 15.5. The molecule has 5 nitrogen and oxygen atoms in total. The molecule has 0 aliphatic rings. The van der Waals surface area contributed by atoms with Gasteiger partial charge >= 0.3 is 5.97 Å². The standard InChI is InChI=1S/C12H13N3O2/c1-3-17-12(16)10-5-4-9(8-13-10)11-6-7-14-15(11)2/h4-8H,3H2,1-2H3. The first kappa shape index (κ1) is 11.3. The highest BCUT2D eigenvalue weighted by atomic mass is 16.5. The van der Waals surface area contributed by atoms with Crippen LogP contribution in [0.4, 0.5) is 0 Å². The number of esters is 1. The molecule has 17 heavy (non-hydrogen) atoms. The van der Waals surface area contributed by atoms with Crippen molar-refractivity contribution in [3.8, 4) is 11.3 Å². The van der Waals surface area contributed by atoms with Crippen molar-refractivity contribution in [1.29, 1.82) is 0 Å². The van der Waals surface area contributed by atoms with Gasteiger partial charge in [0, 0.05) is 25.0 Å². The Bertz CT molecular complexity index is 517. The van der Waals surface area contributed by atoms with Gasteiger partial charge in [-0.3, -0.25) is 4.68 Å². The van der Waals surface area contributed by atoms with E-state index in [0.717, 1.165) is 11.3 Å². The van der Waals surface area contributed by atoms with Crippen LogP contribution < -0.4 is 0 Å². The van der Waals surface area contributed by atoms with Crippen LogP contribution in [0.25, 0.3) is 11.3 Å². The molecule has 0 aliphatic carbocycles. The molecule has 0 N–H and O–H groups in total. The van der Waals surface area contributed by atoms with Crippen LogP contribution in [0.2, 0.25) is 0 Å². The maximum absolute atomic E-state index is 11.4. The number of ether oxygens (including phenoxy) is 1. The van der Waals surface area contributed by atoms with E-state index in [4.69, 9.17) is 4.74 Å². The van der Waals surface area contributed by atoms with Crippen LogP contribution in [0.15, 0.2) is 30.6 Å². The fourth-order valence-electron chi connectivity index (χ4n) is 1.53. The minimum absolute atomic E-state index is 0.317. The maximum atomic E-state index is 11.4. The van der Waals surface area contributed by atoms with Gasteiger partial charge in [-0.25, -0.2) is 9.78 Å². The lowest BCUT2D eigenvalue weighted by atomic mass is 10.2. The molecule has 0 amide bonds. The summed E-state index contributed by atoms with van der Waals surface area (Å²) in [6, 6.07) is 5.37. The number of nitrogens with zero attached hydrogens (tertiary/aromatic N) is 3. The largest absolute Gasteiger partial charge is 0.461 e. The van der Waals surface area contributed by atoms with Crippen LogP contribution in [-0.2, 0) is 11.8 Å². The molecule has 0 radical (unpaired) electrons. The zero-order valence-electron chi connectivity index (χ0n) is 9.75. The smallest absolute Gasteiger partial charge is 0.356 e. The fourth-order valence-corrected chi connectivity index (χ4v) is 1.53. The third kappa shape index (κ3) is 2.33.